The molecule has 4 rings (SSSR count). The topological polar surface area (TPSA) is 58.9 Å². The molecule has 0 aliphatic rings. The number of aromatic nitrogens is 4. The maximum Gasteiger partial charge on any atom is 0.187 e. The smallest absolute Gasteiger partial charge is 0.187 e. The van der Waals surface area contributed by atoms with Crippen molar-refractivity contribution in [2.45, 2.75) is 20.8 Å². The Morgan fingerprint density at radius 2 is 1.97 bits per heavy atom. The molecule has 1 aromatic carbocycles. The molecular weight excluding hydrogens is 399 g/mol. The molecule has 0 fully saturated rings. The zero-order valence-corrected chi connectivity index (χ0v) is 17.9. The molecule has 0 unspecified atom stereocenters. The van der Waals surface area contributed by atoms with E-state index in [4.69, 9.17) is 0 Å². The van der Waals surface area contributed by atoms with Crippen molar-refractivity contribution in [3.05, 3.63) is 65.9 Å². The molecule has 6 nitrogen and oxygen atoms in total. The van der Waals surface area contributed by atoms with Crippen molar-refractivity contribution >= 4 is 27.8 Å². The number of anilines is 3. The lowest BCUT2D eigenvalue weighted by Gasteiger charge is -2.21. The highest BCUT2D eigenvalue weighted by molar-refractivity contribution is 7.14. The molecule has 154 valence electrons. The molecule has 3 heterocycles. The molecule has 8 heteroatoms. The van der Waals surface area contributed by atoms with Crippen LogP contribution in [-0.2, 0) is 0 Å². The lowest BCUT2D eigenvalue weighted by molar-refractivity contribution is 0.631. The zero-order chi connectivity index (χ0) is 21.1. The number of aryl methyl sites for hydroxylation is 1. The van der Waals surface area contributed by atoms with E-state index in [1.165, 1.54) is 17.4 Å². The number of thiazole rings is 1. The number of halogens is 1. The summed E-state index contributed by atoms with van der Waals surface area (Å²) >= 11 is 1.43. The van der Waals surface area contributed by atoms with Crippen LogP contribution in [0.3, 0.4) is 0 Å². The Labute approximate surface area is 179 Å². The first-order chi connectivity index (χ1) is 14.6. The van der Waals surface area contributed by atoms with E-state index in [1.807, 2.05) is 41.3 Å². The fourth-order valence-electron chi connectivity index (χ4n) is 3.21. The number of nitrogens with zero attached hydrogens (tertiary/aromatic N) is 5. The van der Waals surface area contributed by atoms with Gasteiger partial charge in [0, 0.05) is 42.1 Å². The lowest BCUT2D eigenvalue weighted by Crippen LogP contribution is -2.21. The summed E-state index contributed by atoms with van der Waals surface area (Å²) in [4.78, 5) is 15.5. The molecule has 3 aromatic heterocycles. The molecule has 30 heavy (non-hydrogen) atoms. The summed E-state index contributed by atoms with van der Waals surface area (Å²) < 4.78 is 16.2. The van der Waals surface area contributed by atoms with Gasteiger partial charge >= 0.3 is 0 Å². The molecule has 0 radical (unpaired) electrons. The van der Waals surface area contributed by atoms with E-state index < -0.39 is 0 Å². The Bertz CT molecular complexity index is 1130. The summed E-state index contributed by atoms with van der Waals surface area (Å²) in [5.41, 5.74) is 4.04. The third kappa shape index (κ3) is 4.18. The largest absolute Gasteiger partial charge is 0.372 e. The second-order valence-electron chi connectivity index (χ2n) is 6.83. The minimum Gasteiger partial charge on any atom is -0.372 e. The predicted molar refractivity (Wildman–Crippen MR) is 120 cm³/mol. The molecule has 0 saturated carbocycles. The standard InChI is InChI=1S/C22H23FN6S/c1-4-28(5-2)17-7-8-18(23)19(10-17)26-22-27-20(13-30-22)16-6-9-21(24-11-16)29-12-15(3)25-14-29/h6-14H,4-5H2,1-3H3,(H,26,27). The molecule has 0 bridgehead atoms. The van der Waals surface area contributed by atoms with Gasteiger partial charge in [-0.2, -0.15) is 0 Å². The van der Waals surface area contributed by atoms with Gasteiger partial charge in [0.15, 0.2) is 5.13 Å². The van der Waals surface area contributed by atoms with Gasteiger partial charge in [0.05, 0.1) is 17.1 Å². The highest BCUT2D eigenvalue weighted by Crippen LogP contribution is 2.30. The maximum atomic E-state index is 14.3. The van der Waals surface area contributed by atoms with Crippen LogP contribution in [0.5, 0.6) is 0 Å². The Balaban J connectivity index is 1.53. The highest BCUT2D eigenvalue weighted by Gasteiger charge is 2.11. The summed E-state index contributed by atoms with van der Waals surface area (Å²) in [6.07, 6.45) is 5.45. The van der Waals surface area contributed by atoms with Crippen LogP contribution in [-0.4, -0.2) is 32.6 Å². The predicted octanol–water partition coefficient (Wildman–Crippen LogP) is 5.43. The number of nitrogens with one attached hydrogen (secondary N) is 1. The van der Waals surface area contributed by atoms with Crippen molar-refractivity contribution in [1.29, 1.82) is 0 Å². The average Bonchev–Trinajstić information content (AvgIpc) is 3.40. The lowest BCUT2D eigenvalue weighted by atomic mass is 10.2. The third-order valence-corrected chi connectivity index (χ3v) is 5.60. The molecule has 1 N–H and O–H groups in total. The van der Waals surface area contributed by atoms with Gasteiger partial charge in [0.2, 0.25) is 0 Å². The van der Waals surface area contributed by atoms with E-state index in [9.17, 15) is 4.39 Å². The van der Waals surface area contributed by atoms with E-state index in [1.54, 1.807) is 18.6 Å². The van der Waals surface area contributed by atoms with Crippen LogP contribution in [0.2, 0.25) is 0 Å². The van der Waals surface area contributed by atoms with Crippen molar-refractivity contribution < 1.29 is 4.39 Å². The maximum absolute atomic E-state index is 14.3. The second-order valence-corrected chi connectivity index (χ2v) is 7.68. The van der Waals surface area contributed by atoms with E-state index >= 15 is 0 Å². The van der Waals surface area contributed by atoms with Crippen LogP contribution in [0.1, 0.15) is 19.5 Å². The van der Waals surface area contributed by atoms with Gasteiger partial charge in [-0.05, 0) is 51.1 Å². The van der Waals surface area contributed by atoms with Gasteiger partial charge < -0.3 is 10.2 Å². The second kappa shape index (κ2) is 8.62. The molecule has 4 aromatic rings. The van der Waals surface area contributed by atoms with E-state index in [0.29, 0.717) is 10.8 Å². The molecule has 0 spiro atoms. The van der Waals surface area contributed by atoms with E-state index in [0.717, 1.165) is 41.5 Å². The fourth-order valence-corrected chi connectivity index (χ4v) is 3.94. The number of imidazole rings is 1. The van der Waals surface area contributed by atoms with Crippen LogP contribution in [0, 0.1) is 12.7 Å². The van der Waals surface area contributed by atoms with Gasteiger partial charge in [0.1, 0.15) is 18.0 Å². The molecular formula is C22H23FN6S. The van der Waals surface area contributed by atoms with Crippen molar-refractivity contribution in [2.24, 2.45) is 0 Å². The summed E-state index contributed by atoms with van der Waals surface area (Å²) in [5.74, 6) is 0.493. The Hall–Kier alpha value is -3.26. The molecule has 0 atom stereocenters. The van der Waals surface area contributed by atoms with Gasteiger partial charge in [-0.3, -0.25) is 4.57 Å². The summed E-state index contributed by atoms with van der Waals surface area (Å²) in [5, 5.41) is 5.69. The Kier molecular flexibility index (Phi) is 5.76. The number of benzene rings is 1. The molecule has 0 saturated heterocycles. The summed E-state index contributed by atoms with van der Waals surface area (Å²) in [7, 11) is 0. The quantitative estimate of drug-likeness (QED) is 0.430. The van der Waals surface area contributed by atoms with Crippen LogP contribution < -0.4 is 10.2 Å². The van der Waals surface area contributed by atoms with Crippen molar-refractivity contribution in [1.82, 2.24) is 19.5 Å². The molecule has 0 aliphatic heterocycles. The zero-order valence-electron chi connectivity index (χ0n) is 17.1. The van der Waals surface area contributed by atoms with Gasteiger partial charge in [-0.1, -0.05) is 0 Å². The van der Waals surface area contributed by atoms with Crippen LogP contribution >= 0.6 is 11.3 Å². The number of rotatable bonds is 7. The third-order valence-electron chi connectivity index (χ3n) is 4.84. The normalized spacial score (nSPS) is 10.9. The van der Waals surface area contributed by atoms with Crippen molar-refractivity contribution in [3.8, 4) is 17.1 Å². The fraction of sp³-hybridized carbons (Fsp3) is 0.227. The first-order valence-electron chi connectivity index (χ1n) is 9.81. The molecule has 0 amide bonds. The van der Waals surface area contributed by atoms with E-state index in [-0.39, 0.29) is 5.82 Å². The van der Waals surface area contributed by atoms with Gasteiger partial charge in [0.25, 0.3) is 0 Å². The van der Waals surface area contributed by atoms with E-state index in [2.05, 4.69) is 39.0 Å². The SMILES string of the molecule is CCN(CC)c1ccc(F)c(Nc2nc(-c3ccc(-n4cnc(C)c4)nc3)cs2)c1. The van der Waals surface area contributed by atoms with Crippen molar-refractivity contribution in [3.63, 3.8) is 0 Å². The first-order valence-corrected chi connectivity index (χ1v) is 10.7. The Morgan fingerprint density at radius 1 is 1.13 bits per heavy atom. The van der Waals surface area contributed by atoms with Gasteiger partial charge in [-0.15, -0.1) is 11.3 Å². The van der Waals surface area contributed by atoms with Gasteiger partial charge in [-0.25, -0.2) is 19.3 Å². The van der Waals surface area contributed by atoms with Crippen LogP contribution in [0.4, 0.5) is 20.9 Å². The summed E-state index contributed by atoms with van der Waals surface area (Å²) in [6, 6.07) is 9.02. The minimum atomic E-state index is -0.302. The Morgan fingerprint density at radius 3 is 2.63 bits per heavy atom. The number of hydrogen-bond donors (Lipinski definition) is 1. The molecule has 0 aliphatic carbocycles. The van der Waals surface area contributed by atoms with Crippen LogP contribution in [0.15, 0.2) is 54.4 Å². The van der Waals surface area contributed by atoms with Crippen molar-refractivity contribution in [2.75, 3.05) is 23.3 Å². The number of hydrogen-bond acceptors (Lipinski definition) is 6. The monoisotopic (exact) mass is 422 g/mol. The highest BCUT2D eigenvalue weighted by atomic mass is 32.1. The summed E-state index contributed by atoms with van der Waals surface area (Å²) in [6.45, 7) is 7.84. The average molecular weight is 423 g/mol. The van der Waals surface area contributed by atoms with Crippen LogP contribution in [0.25, 0.3) is 17.1 Å². The number of pyridine rings is 1. The minimum absolute atomic E-state index is 0.302. The first kappa shape index (κ1) is 20.0.